The van der Waals surface area contributed by atoms with Crippen LogP contribution in [0.1, 0.15) is 52.9 Å². The van der Waals surface area contributed by atoms with Gasteiger partial charge in [-0.25, -0.2) is 0 Å². The summed E-state index contributed by atoms with van der Waals surface area (Å²) in [5, 5.41) is 3.72. The van der Waals surface area contributed by atoms with Crippen molar-refractivity contribution in [1.29, 1.82) is 0 Å². The van der Waals surface area contributed by atoms with E-state index >= 15 is 0 Å². The van der Waals surface area contributed by atoms with Crippen molar-refractivity contribution in [2.24, 2.45) is 11.8 Å². The van der Waals surface area contributed by atoms with Gasteiger partial charge in [-0.05, 0) is 38.0 Å². The maximum atomic E-state index is 11.1. The Kier molecular flexibility index (Phi) is 6.71. The first-order valence-corrected chi connectivity index (χ1v) is 8.77. The maximum Gasteiger partial charge on any atom is 0.0246 e. The molecule has 0 aliphatic heterocycles. The summed E-state index contributed by atoms with van der Waals surface area (Å²) in [6.45, 7) is 6.92. The highest BCUT2D eigenvalue weighted by Crippen LogP contribution is 2.30. The molecular weight excluding hydrogens is 230 g/mol. The third-order valence-electron chi connectivity index (χ3n) is 4.02. The largest absolute Gasteiger partial charge is 0.311 e. The summed E-state index contributed by atoms with van der Waals surface area (Å²) in [6, 6.07) is 1.20. The van der Waals surface area contributed by atoms with Crippen LogP contribution in [0, 0.1) is 11.8 Å². The molecule has 0 aromatic carbocycles. The lowest BCUT2D eigenvalue weighted by Crippen LogP contribution is -2.41. The van der Waals surface area contributed by atoms with Crippen molar-refractivity contribution >= 4 is 10.8 Å². The third kappa shape index (κ3) is 6.01. The van der Waals surface area contributed by atoms with Gasteiger partial charge in [0.05, 0.1) is 0 Å². The average Bonchev–Trinajstić information content (AvgIpc) is 2.26. The van der Waals surface area contributed by atoms with Crippen molar-refractivity contribution in [3.05, 3.63) is 0 Å². The van der Waals surface area contributed by atoms with Gasteiger partial charge in [0.25, 0.3) is 0 Å². The van der Waals surface area contributed by atoms with Crippen molar-refractivity contribution in [3.8, 4) is 0 Å². The molecule has 102 valence electrons. The van der Waals surface area contributed by atoms with E-state index in [0.29, 0.717) is 12.1 Å². The second-order valence-electron chi connectivity index (χ2n) is 6.00. The highest BCUT2D eigenvalue weighted by Gasteiger charge is 2.24. The average molecular weight is 259 g/mol. The van der Waals surface area contributed by atoms with Crippen molar-refractivity contribution in [2.75, 3.05) is 12.0 Å². The van der Waals surface area contributed by atoms with Gasteiger partial charge in [0.1, 0.15) is 0 Å². The molecule has 2 nitrogen and oxygen atoms in total. The Bertz CT molecular complexity index is 242. The van der Waals surface area contributed by atoms with Crippen LogP contribution in [0.2, 0.25) is 0 Å². The minimum absolute atomic E-state index is 0.509. The predicted octanol–water partition coefficient (Wildman–Crippen LogP) is 2.95. The van der Waals surface area contributed by atoms with Crippen LogP contribution in [0.3, 0.4) is 0 Å². The van der Waals surface area contributed by atoms with Gasteiger partial charge in [0, 0.05) is 34.9 Å². The van der Waals surface area contributed by atoms with Crippen LogP contribution >= 0.6 is 0 Å². The molecular formula is C14H29NOS. The first kappa shape index (κ1) is 15.2. The smallest absolute Gasteiger partial charge is 0.0246 e. The quantitative estimate of drug-likeness (QED) is 0.794. The molecule has 0 aromatic rings. The third-order valence-corrected chi connectivity index (χ3v) is 4.83. The minimum atomic E-state index is -0.647. The number of hydrogen-bond acceptors (Lipinski definition) is 2. The zero-order valence-corrected chi connectivity index (χ0v) is 12.7. The molecule has 4 atom stereocenters. The van der Waals surface area contributed by atoms with Gasteiger partial charge in [0.15, 0.2) is 0 Å². The lowest BCUT2D eigenvalue weighted by atomic mass is 9.79. The molecule has 0 amide bonds. The standard InChI is InChI=1S/C14H29NOS/c1-11(2)13-6-5-7-14(10-13)15-12(3)8-9-17(4)16/h11-15H,5-10H2,1-4H3. The van der Waals surface area contributed by atoms with E-state index < -0.39 is 10.8 Å². The first-order valence-electron chi connectivity index (χ1n) is 7.05. The summed E-state index contributed by atoms with van der Waals surface area (Å²) in [6.07, 6.45) is 8.25. The number of rotatable bonds is 6. The lowest BCUT2D eigenvalue weighted by Gasteiger charge is -2.34. The van der Waals surface area contributed by atoms with E-state index in [4.69, 9.17) is 0 Å². The summed E-state index contributed by atoms with van der Waals surface area (Å²) in [5.74, 6) is 2.54. The van der Waals surface area contributed by atoms with Gasteiger partial charge in [-0.15, -0.1) is 0 Å². The van der Waals surface area contributed by atoms with E-state index in [1.165, 1.54) is 25.7 Å². The first-order chi connectivity index (χ1) is 7.99. The van der Waals surface area contributed by atoms with E-state index in [-0.39, 0.29) is 0 Å². The SMILES string of the molecule is CC(CCS(C)=O)NC1CCCC(C(C)C)C1. The zero-order valence-electron chi connectivity index (χ0n) is 11.9. The summed E-state index contributed by atoms with van der Waals surface area (Å²) in [4.78, 5) is 0. The molecule has 0 saturated heterocycles. The van der Waals surface area contributed by atoms with E-state index in [1.54, 1.807) is 6.26 Å². The van der Waals surface area contributed by atoms with Gasteiger partial charge in [-0.2, -0.15) is 0 Å². The van der Waals surface area contributed by atoms with Crippen molar-refractivity contribution in [3.63, 3.8) is 0 Å². The fourth-order valence-electron chi connectivity index (χ4n) is 2.81. The van der Waals surface area contributed by atoms with Crippen molar-refractivity contribution < 1.29 is 4.21 Å². The molecule has 0 radical (unpaired) electrons. The second kappa shape index (κ2) is 7.52. The molecule has 1 fully saturated rings. The monoisotopic (exact) mass is 259 g/mol. The Hall–Kier alpha value is 0.110. The molecule has 3 heteroatoms. The molecule has 1 aliphatic rings. The lowest BCUT2D eigenvalue weighted by molar-refractivity contribution is 0.221. The topological polar surface area (TPSA) is 29.1 Å². The Morgan fingerprint density at radius 1 is 1.29 bits per heavy atom. The van der Waals surface area contributed by atoms with Gasteiger partial charge in [-0.1, -0.05) is 26.7 Å². The van der Waals surface area contributed by atoms with Gasteiger partial charge < -0.3 is 5.32 Å². The van der Waals surface area contributed by atoms with Crippen LogP contribution in [0.4, 0.5) is 0 Å². The Morgan fingerprint density at radius 2 is 2.00 bits per heavy atom. The van der Waals surface area contributed by atoms with Crippen LogP contribution < -0.4 is 5.32 Å². The molecule has 1 saturated carbocycles. The zero-order chi connectivity index (χ0) is 12.8. The predicted molar refractivity (Wildman–Crippen MR) is 76.7 cm³/mol. The molecule has 1 aliphatic carbocycles. The van der Waals surface area contributed by atoms with E-state index in [9.17, 15) is 4.21 Å². The van der Waals surface area contributed by atoms with Gasteiger partial charge in [-0.3, -0.25) is 4.21 Å². The fourth-order valence-corrected chi connectivity index (χ4v) is 3.50. The van der Waals surface area contributed by atoms with Gasteiger partial charge in [0.2, 0.25) is 0 Å². The van der Waals surface area contributed by atoms with Gasteiger partial charge >= 0.3 is 0 Å². The van der Waals surface area contributed by atoms with E-state index in [1.807, 2.05) is 0 Å². The Morgan fingerprint density at radius 3 is 2.59 bits per heavy atom. The number of nitrogens with one attached hydrogen (secondary N) is 1. The Labute approximate surface area is 109 Å². The minimum Gasteiger partial charge on any atom is -0.311 e. The summed E-state index contributed by atoms with van der Waals surface area (Å²) >= 11 is 0. The summed E-state index contributed by atoms with van der Waals surface area (Å²) in [5.41, 5.74) is 0. The van der Waals surface area contributed by atoms with Crippen LogP contribution in [0.5, 0.6) is 0 Å². The molecule has 1 rings (SSSR count). The maximum absolute atomic E-state index is 11.1. The van der Waals surface area contributed by atoms with Crippen LogP contribution in [0.15, 0.2) is 0 Å². The summed E-state index contributed by atoms with van der Waals surface area (Å²) < 4.78 is 11.1. The van der Waals surface area contributed by atoms with Crippen LogP contribution in [-0.2, 0) is 10.8 Å². The summed E-state index contributed by atoms with van der Waals surface area (Å²) in [7, 11) is -0.647. The Balaban J connectivity index is 2.28. The molecule has 0 bridgehead atoms. The second-order valence-corrected chi connectivity index (χ2v) is 7.56. The van der Waals surface area contributed by atoms with Crippen LogP contribution in [-0.4, -0.2) is 28.3 Å². The highest BCUT2D eigenvalue weighted by atomic mass is 32.2. The molecule has 0 spiro atoms. The molecule has 4 unspecified atom stereocenters. The van der Waals surface area contributed by atoms with E-state index in [0.717, 1.165) is 24.0 Å². The molecule has 17 heavy (non-hydrogen) atoms. The van der Waals surface area contributed by atoms with Crippen molar-refractivity contribution in [2.45, 2.75) is 65.0 Å². The van der Waals surface area contributed by atoms with Crippen LogP contribution in [0.25, 0.3) is 0 Å². The normalized spacial score (nSPS) is 29.2. The molecule has 1 N–H and O–H groups in total. The van der Waals surface area contributed by atoms with Crippen molar-refractivity contribution in [1.82, 2.24) is 5.32 Å². The fraction of sp³-hybridized carbons (Fsp3) is 1.00. The number of hydrogen-bond donors (Lipinski definition) is 1. The molecule has 0 aromatic heterocycles. The van der Waals surface area contributed by atoms with E-state index in [2.05, 4.69) is 26.1 Å². The molecule has 0 heterocycles. The highest BCUT2D eigenvalue weighted by molar-refractivity contribution is 7.84.